The maximum Gasteiger partial charge on any atom is 0.374 e. The van der Waals surface area contributed by atoms with Gasteiger partial charge in [-0.3, -0.25) is 9.59 Å². The molecule has 2 heterocycles. The van der Waals surface area contributed by atoms with Crippen molar-refractivity contribution >= 4 is 28.6 Å². The summed E-state index contributed by atoms with van der Waals surface area (Å²) in [6.07, 6.45) is 10.3. The fourth-order valence-corrected chi connectivity index (χ4v) is 8.96. The van der Waals surface area contributed by atoms with Crippen LogP contribution in [0.2, 0.25) is 0 Å². The Kier molecular flexibility index (Phi) is 10.5. The van der Waals surface area contributed by atoms with E-state index in [4.69, 9.17) is 19.6 Å². The molecule has 3 saturated carbocycles. The number of fused-ring (bicyclic) bond motifs is 1. The summed E-state index contributed by atoms with van der Waals surface area (Å²) in [4.78, 5) is 42.8. The molecule has 3 aliphatic carbocycles. The zero-order valence-corrected chi connectivity index (χ0v) is 27.5. The topological polar surface area (TPSA) is 112 Å². The molecule has 3 atom stereocenters. The van der Waals surface area contributed by atoms with Crippen LogP contribution in [0.25, 0.3) is 11.0 Å². The van der Waals surface area contributed by atoms with Gasteiger partial charge in [-0.2, -0.15) is 0 Å². The van der Waals surface area contributed by atoms with E-state index in [1.165, 1.54) is 0 Å². The van der Waals surface area contributed by atoms with Gasteiger partial charge >= 0.3 is 5.97 Å². The molecule has 0 spiro atoms. The zero-order valence-electron chi connectivity index (χ0n) is 27.5. The Balaban J connectivity index is 1.15. The number of hydrogen-bond donors (Lipinski definition) is 1. The van der Waals surface area contributed by atoms with Crippen LogP contribution < -0.4 is 5.73 Å². The summed E-state index contributed by atoms with van der Waals surface area (Å²) in [6, 6.07) is 6.38. The minimum atomic E-state index is -0.533. The number of carbonyl (C=O) groups is 3. The predicted molar refractivity (Wildman–Crippen MR) is 173 cm³/mol. The van der Waals surface area contributed by atoms with E-state index in [0.717, 1.165) is 68.7 Å². The van der Waals surface area contributed by atoms with Crippen LogP contribution in [-0.4, -0.2) is 67.7 Å². The number of furan rings is 1. The molecule has 9 heteroatoms. The first-order chi connectivity index (χ1) is 22.2. The first kappa shape index (κ1) is 33.1. The number of likely N-dealkylation sites (tertiary alicyclic amines) is 1. The Morgan fingerprint density at radius 3 is 2.43 bits per heavy atom. The van der Waals surface area contributed by atoms with Crippen molar-refractivity contribution in [1.82, 2.24) is 4.90 Å². The van der Waals surface area contributed by atoms with E-state index in [9.17, 15) is 18.8 Å². The van der Waals surface area contributed by atoms with E-state index < -0.39 is 24.7 Å². The molecule has 46 heavy (non-hydrogen) atoms. The van der Waals surface area contributed by atoms with Gasteiger partial charge < -0.3 is 24.5 Å². The summed E-state index contributed by atoms with van der Waals surface area (Å²) in [5, 5.41) is 0.756. The average Bonchev–Trinajstić information content (AvgIpc) is 3.70. The largest absolute Gasteiger partial charge is 0.460 e. The van der Waals surface area contributed by atoms with E-state index >= 15 is 0 Å². The SMILES string of the molecule is COC1CCC([C@@H]2CCN(C(=O)C3CCC([C@H](N)CF)CC3)[C@@H]2C(=O)Cc2ccc3oc(C(=O)OCC4CC(C)C4)cc3c2)CC1. The first-order valence-corrected chi connectivity index (χ1v) is 17.6. The van der Waals surface area contributed by atoms with Gasteiger partial charge in [-0.25, -0.2) is 9.18 Å². The number of halogens is 1. The molecule has 0 radical (unpaired) electrons. The number of nitrogens with zero attached hydrogens (tertiary/aromatic N) is 1. The number of hydrogen-bond acceptors (Lipinski definition) is 7. The Morgan fingerprint density at radius 2 is 1.76 bits per heavy atom. The highest BCUT2D eigenvalue weighted by atomic mass is 19.1. The highest BCUT2D eigenvalue weighted by molar-refractivity contribution is 5.94. The van der Waals surface area contributed by atoms with Crippen molar-refractivity contribution < 1.29 is 32.7 Å². The third-order valence-electron chi connectivity index (χ3n) is 11.7. The molecule has 8 nitrogen and oxygen atoms in total. The van der Waals surface area contributed by atoms with E-state index in [1.54, 1.807) is 13.2 Å². The molecule has 252 valence electrons. The number of rotatable bonds is 11. The number of Topliss-reactive ketones (excluding diaryl/α,β-unsaturated/α-hetero) is 1. The van der Waals surface area contributed by atoms with Crippen molar-refractivity contribution in [3.8, 4) is 0 Å². The number of methoxy groups -OCH3 is 1. The molecular formula is C37H51FN2O6. The van der Waals surface area contributed by atoms with Gasteiger partial charge in [0.15, 0.2) is 5.78 Å². The van der Waals surface area contributed by atoms with Crippen LogP contribution in [0.1, 0.15) is 93.7 Å². The van der Waals surface area contributed by atoms with Crippen molar-refractivity contribution in [2.24, 2.45) is 41.2 Å². The molecule has 2 aromatic rings. The third-order valence-corrected chi connectivity index (χ3v) is 11.7. The average molecular weight is 639 g/mol. The van der Waals surface area contributed by atoms with E-state index in [0.29, 0.717) is 49.3 Å². The van der Waals surface area contributed by atoms with Gasteiger partial charge in [-0.1, -0.05) is 13.0 Å². The number of carbonyl (C=O) groups excluding carboxylic acids is 3. The lowest BCUT2D eigenvalue weighted by molar-refractivity contribution is -0.143. The second-order valence-electron chi connectivity index (χ2n) is 14.8. The fourth-order valence-electron chi connectivity index (χ4n) is 8.96. The summed E-state index contributed by atoms with van der Waals surface area (Å²) in [5.74, 6) is 1.45. The summed E-state index contributed by atoms with van der Waals surface area (Å²) in [7, 11) is 1.76. The summed E-state index contributed by atoms with van der Waals surface area (Å²) >= 11 is 0. The number of ketones is 1. The molecule has 6 rings (SSSR count). The van der Waals surface area contributed by atoms with Gasteiger partial charge in [-0.15, -0.1) is 0 Å². The monoisotopic (exact) mass is 638 g/mol. The van der Waals surface area contributed by atoms with Crippen molar-refractivity contribution in [2.75, 3.05) is 26.9 Å². The number of amides is 1. The van der Waals surface area contributed by atoms with Crippen molar-refractivity contribution in [3.05, 3.63) is 35.6 Å². The van der Waals surface area contributed by atoms with E-state index in [-0.39, 0.29) is 47.7 Å². The molecule has 0 bridgehead atoms. The van der Waals surface area contributed by atoms with Crippen LogP contribution in [0.15, 0.2) is 28.7 Å². The number of esters is 1. The smallest absolute Gasteiger partial charge is 0.374 e. The van der Waals surface area contributed by atoms with Crippen LogP contribution >= 0.6 is 0 Å². The van der Waals surface area contributed by atoms with Gasteiger partial charge in [0.05, 0.1) is 18.8 Å². The van der Waals surface area contributed by atoms with Gasteiger partial charge in [0, 0.05) is 37.4 Å². The quantitative estimate of drug-likeness (QED) is 0.289. The van der Waals surface area contributed by atoms with Crippen LogP contribution in [0.3, 0.4) is 0 Å². The molecular weight excluding hydrogens is 587 g/mol. The van der Waals surface area contributed by atoms with E-state index in [1.807, 2.05) is 23.1 Å². The van der Waals surface area contributed by atoms with Crippen LogP contribution in [-0.2, 0) is 25.5 Å². The Bertz CT molecular complexity index is 1370. The molecule has 1 saturated heterocycles. The van der Waals surface area contributed by atoms with Crippen LogP contribution in [0, 0.1) is 35.5 Å². The summed E-state index contributed by atoms with van der Waals surface area (Å²) in [6.45, 7) is 2.68. The van der Waals surface area contributed by atoms with Crippen LogP contribution in [0.4, 0.5) is 4.39 Å². The van der Waals surface area contributed by atoms with Crippen molar-refractivity contribution in [2.45, 2.75) is 102 Å². The molecule has 2 N–H and O–H groups in total. The highest BCUT2D eigenvalue weighted by Gasteiger charge is 2.47. The summed E-state index contributed by atoms with van der Waals surface area (Å²) < 4.78 is 30.1. The maximum absolute atomic E-state index is 14.2. The lowest BCUT2D eigenvalue weighted by Gasteiger charge is -2.37. The number of alkyl halides is 1. The van der Waals surface area contributed by atoms with Gasteiger partial charge in [0.25, 0.3) is 0 Å². The van der Waals surface area contributed by atoms with Gasteiger partial charge in [0.2, 0.25) is 11.7 Å². The molecule has 1 amide bonds. The Labute approximate surface area is 271 Å². The number of benzene rings is 1. The lowest BCUT2D eigenvalue weighted by Crippen LogP contribution is -2.48. The second-order valence-corrected chi connectivity index (χ2v) is 14.8. The maximum atomic E-state index is 14.2. The van der Waals surface area contributed by atoms with E-state index in [2.05, 4.69) is 6.92 Å². The standard InChI is InChI=1S/C37H51FN2O6/c1-22-15-24(16-22)21-45-37(43)34-19-28-17-23(3-12-33(28)46-34)18-32(41)35-30(25-8-10-29(44-2)11-9-25)13-14-40(35)36(42)27-6-4-26(5-7-27)31(39)20-38/h3,12,17,19,22,24-27,29-31,35H,4-11,13-16,18,20-21,39H2,1-2H3/t22?,24?,25?,26?,27?,29?,30-,31+,35-/m0/s1. The second kappa shape index (κ2) is 14.5. The van der Waals surface area contributed by atoms with Crippen molar-refractivity contribution in [1.29, 1.82) is 0 Å². The van der Waals surface area contributed by atoms with Gasteiger partial charge in [-0.05, 0) is 124 Å². The fraction of sp³-hybridized carbons (Fsp3) is 0.703. The number of nitrogens with two attached hydrogens (primary N) is 1. The van der Waals surface area contributed by atoms with Gasteiger partial charge in [0.1, 0.15) is 12.3 Å². The minimum absolute atomic E-state index is 0.0649. The molecule has 1 aliphatic heterocycles. The molecule has 4 fully saturated rings. The zero-order chi connectivity index (χ0) is 32.4. The highest BCUT2D eigenvalue weighted by Crippen LogP contribution is 2.42. The number of ether oxygens (including phenoxy) is 2. The third kappa shape index (κ3) is 7.20. The summed E-state index contributed by atoms with van der Waals surface area (Å²) in [5.41, 5.74) is 7.40. The minimum Gasteiger partial charge on any atom is -0.460 e. The Hall–Kier alpha value is -2.78. The first-order valence-electron chi connectivity index (χ1n) is 17.6. The Morgan fingerprint density at radius 1 is 1.02 bits per heavy atom. The molecule has 1 aromatic heterocycles. The van der Waals surface area contributed by atoms with Crippen molar-refractivity contribution in [3.63, 3.8) is 0 Å². The van der Waals surface area contributed by atoms with Crippen LogP contribution in [0.5, 0.6) is 0 Å². The predicted octanol–water partition coefficient (Wildman–Crippen LogP) is 6.27. The molecule has 0 unspecified atom stereocenters. The molecule has 4 aliphatic rings. The molecule has 1 aromatic carbocycles. The normalized spacial score (nSPS) is 32.2. The lowest BCUT2D eigenvalue weighted by atomic mass is 9.74.